The van der Waals surface area contributed by atoms with E-state index in [2.05, 4.69) is 22.0 Å². The number of hydrogen-bond donors (Lipinski definition) is 0. The number of hydrogen-bond acceptors (Lipinski definition) is 3. The fourth-order valence-corrected chi connectivity index (χ4v) is 2.66. The van der Waals surface area contributed by atoms with Crippen LogP contribution in [0.15, 0.2) is 18.2 Å². The normalized spacial score (nSPS) is 16.8. The van der Waals surface area contributed by atoms with Gasteiger partial charge in [-0.25, -0.2) is 0 Å². The van der Waals surface area contributed by atoms with Gasteiger partial charge in [-0.1, -0.05) is 28.9 Å². The number of ether oxygens (including phenoxy) is 2. The van der Waals surface area contributed by atoms with E-state index in [-0.39, 0.29) is 12.1 Å². The number of esters is 1. The highest BCUT2D eigenvalue weighted by molar-refractivity contribution is 9.09. The van der Waals surface area contributed by atoms with E-state index in [9.17, 15) is 4.79 Å². The minimum absolute atomic E-state index is 0.0689. The van der Waals surface area contributed by atoms with Crippen molar-refractivity contribution in [2.75, 3.05) is 11.9 Å². The largest absolute Gasteiger partial charge is 0.494 e. The molecule has 0 unspecified atom stereocenters. The van der Waals surface area contributed by atoms with Gasteiger partial charge in [-0.2, -0.15) is 0 Å². The molecule has 0 amide bonds. The lowest BCUT2D eigenvalue weighted by atomic mass is 10.1. The summed E-state index contributed by atoms with van der Waals surface area (Å²) in [6.07, 6.45) is 4.10. The van der Waals surface area contributed by atoms with Gasteiger partial charge in [0.05, 0.1) is 6.61 Å². The molecule has 0 fully saturated rings. The summed E-state index contributed by atoms with van der Waals surface area (Å²) in [5.74, 6) is 0.813. The smallest absolute Gasteiger partial charge is 0.306 e. The first-order valence-corrected chi connectivity index (χ1v) is 8.37. The maximum absolute atomic E-state index is 11.6. The van der Waals surface area contributed by atoms with Crippen molar-refractivity contribution in [3.8, 4) is 5.75 Å². The first kappa shape index (κ1) is 15.4. The van der Waals surface area contributed by atoms with Gasteiger partial charge in [0.15, 0.2) is 0 Å². The maximum atomic E-state index is 11.6. The summed E-state index contributed by atoms with van der Waals surface area (Å²) < 4.78 is 11.2. The molecule has 1 atom stereocenters. The van der Waals surface area contributed by atoms with Crippen LogP contribution in [0, 0.1) is 0 Å². The molecule has 1 aromatic rings. The molecule has 1 aliphatic rings. The van der Waals surface area contributed by atoms with Crippen molar-refractivity contribution in [3.05, 3.63) is 29.3 Å². The topological polar surface area (TPSA) is 35.5 Å². The van der Waals surface area contributed by atoms with E-state index in [1.807, 2.05) is 19.1 Å². The number of aryl methyl sites for hydroxylation is 1. The number of carbonyl (C=O) groups excluding carboxylic acids is 1. The second kappa shape index (κ2) is 7.67. The van der Waals surface area contributed by atoms with Gasteiger partial charge in [-0.15, -0.1) is 0 Å². The first-order chi connectivity index (χ1) is 9.74. The van der Waals surface area contributed by atoms with Crippen LogP contribution in [0.1, 0.15) is 49.8 Å². The van der Waals surface area contributed by atoms with Crippen LogP contribution in [0.4, 0.5) is 0 Å². The van der Waals surface area contributed by atoms with Crippen LogP contribution in [-0.2, 0) is 16.0 Å². The highest BCUT2D eigenvalue weighted by atomic mass is 79.9. The van der Waals surface area contributed by atoms with Gasteiger partial charge in [-0.3, -0.25) is 4.79 Å². The zero-order valence-electron chi connectivity index (χ0n) is 11.9. The average Bonchev–Trinajstić information content (AvgIpc) is 2.82. The summed E-state index contributed by atoms with van der Waals surface area (Å²) in [6, 6.07) is 6.09. The molecule has 0 bridgehead atoms. The van der Waals surface area contributed by atoms with Gasteiger partial charge >= 0.3 is 5.97 Å². The Balaban J connectivity index is 1.97. The van der Waals surface area contributed by atoms with Gasteiger partial charge in [-0.05, 0) is 48.9 Å². The number of alkyl halides is 1. The first-order valence-electron chi connectivity index (χ1n) is 7.25. The van der Waals surface area contributed by atoms with Crippen molar-refractivity contribution in [1.82, 2.24) is 0 Å². The average molecular weight is 341 g/mol. The summed E-state index contributed by atoms with van der Waals surface area (Å²) in [4.78, 5) is 11.6. The minimum Gasteiger partial charge on any atom is -0.494 e. The highest BCUT2D eigenvalue weighted by Crippen LogP contribution is 2.36. The fourth-order valence-electron chi connectivity index (χ4n) is 2.43. The lowest BCUT2D eigenvalue weighted by Crippen LogP contribution is -2.08. The van der Waals surface area contributed by atoms with Crippen molar-refractivity contribution in [2.45, 2.75) is 45.1 Å². The Morgan fingerprint density at radius 1 is 1.45 bits per heavy atom. The third-order valence-corrected chi connectivity index (χ3v) is 3.97. The van der Waals surface area contributed by atoms with E-state index < -0.39 is 0 Å². The minimum atomic E-state index is -0.0944. The molecule has 2 rings (SSSR count). The maximum Gasteiger partial charge on any atom is 0.306 e. The van der Waals surface area contributed by atoms with E-state index >= 15 is 0 Å². The Bertz CT molecular complexity index is 459. The van der Waals surface area contributed by atoms with Crippen molar-refractivity contribution >= 4 is 21.9 Å². The lowest BCUT2D eigenvalue weighted by Gasteiger charge is -2.13. The molecule has 0 saturated heterocycles. The molecule has 0 radical (unpaired) electrons. The van der Waals surface area contributed by atoms with Gasteiger partial charge in [0.1, 0.15) is 11.9 Å². The van der Waals surface area contributed by atoms with Crippen LogP contribution in [0.2, 0.25) is 0 Å². The van der Waals surface area contributed by atoms with Crippen LogP contribution in [0.5, 0.6) is 5.75 Å². The number of halogens is 1. The molecule has 0 saturated carbocycles. The number of benzene rings is 1. The molecule has 3 nitrogen and oxygen atoms in total. The molecule has 0 aromatic heterocycles. The van der Waals surface area contributed by atoms with Crippen LogP contribution >= 0.6 is 15.9 Å². The van der Waals surface area contributed by atoms with Gasteiger partial charge in [0, 0.05) is 11.8 Å². The fraction of sp³-hybridized carbons (Fsp3) is 0.562. The molecule has 0 spiro atoms. The van der Waals surface area contributed by atoms with Gasteiger partial charge < -0.3 is 9.47 Å². The van der Waals surface area contributed by atoms with Crippen LogP contribution in [-0.4, -0.2) is 17.9 Å². The number of rotatable bonds is 7. The molecule has 0 aliphatic heterocycles. The van der Waals surface area contributed by atoms with E-state index in [0.29, 0.717) is 6.42 Å². The van der Waals surface area contributed by atoms with E-state index in [1.54, 1.807) is 0 Å². The van der Waals surface area contributed by atoms with Crippen molar-refractivity contribution in [2.24, 2.45) is 0 Å². The van der Waals surface area contributed by atoms with Crippen molar-refractivity contribution < 1.29 is 14.3 Å². The lowest BCUT2D eigenvalue weighted by molar-refractivity contribution is -0.149. The molecule has 1 aromatic carbocycles. The summed E-state index contributed by atoms with van der Waals surface area (Å²) in [6.45, 7) is 2.71. The number of fused-ring (bicyclic) bond motifs is 1. The Hall–Kier alpha value is -1.03. The molecule has 4 heteroatoms. The molecular formula is C16H21BrO3. The molecule has 0 heterocycles. The third-order valence-electron chi connectivity index (χ3n) is 3.41. The summed E-state index contributed by atoms with van der Waals surface area (Å²) in [7, 11) is 0. The van der Waals surface area contributed by atoms with Gasteiger partial charge in [0.2, 0.25) is 0 Å². The predicted octanol–water partition coefficient (Wildman–Crippen LogP) is 4.18. The highest BCUT2D eigenvalue weighted by Gasteiger charge is 2.25. The monoisotopic (exact) mass is 340 g/mol. The van der Waals surface area contributed by atoms with Gasteiger partial charge in [0.25, 0.3) is 0 Å². The Morgan fingerprint density at radius 2 is 2.30 bits per heavy atom. The van der Waals surface area contributed by atoms with Crippen LogP contribution < -0.4 is 4.74 Å². The van der Waals surface area contributed by atoms with Crippen LogP contribution in [0.25, 0.3) is 0 Å². The third kappa shape index (κ3) is 3.98. The Kier molecular flexibility index (Phi) is 5.89. The second-order valence-electron chi connectivity index (χ2n) is 5.02. The van der Waals surface area contributed by atoms with E-state index in [4.69, 9.17) is 9.47 Å². The second-order valence-corrected chi connectivity index (χ2v) is 5.81. The number of carbonyl (C=O) groups is 1. The van der Waals surface area contributed by atoms with Crippen LogP contribution in [0.3, 0.4) is 0 Å². The zero-order chi connectivity index (χ0) is 14.4. The quantitative estimate of drug-likeness (QED) is 0.424. The summed E-state index contributed by atoms with van der Waals surface area (Å²) in [5, 5.41) is 0.952. The van der Waals surface area contributed by atoms with Crippen molar-refractivity contribution in [1.29, 1.82) is 0 Å². The standard InChI is InChI=1S/C16H21BrO3/c1-2-4-16(18)20-15-8-5-12-11-13(6-7-14(12)15)19-10-3-9-17/h6-7,11,15H,2-5,8-10H2,1H3/t15-/m0/s1. The zero-order valence-corrected chi connectivity index (χ0v) is 13.4. The molecule has 20 heavy (non-hydrogen) atoms. The summed E-state index contributed by atoms with van der Waals surface area (Å²) in [5.41, 5.74) is 2.39. The van der Waals surface area contributed by atoms with E-state index in [0.717, 1.165) is 48.9 Å². The SMILES string of the molecule is CCCC(=O)O[C@H]1CCc2cc(OCCCBr)ccc21. The van der Waals surface area contributed by atoms with E-state index in [1.165, 1.54) is 5.56 Å². The summed E-state index contributed by atoms with van der Waals surface area (Å²) >= 11 is 3.39. The molecular weight excluding hydrogens is 320 g/mol. The molecule has 110 valence electrons. The Morgan fingerprint density at radius 3 is 3.05 bits per heavy atom. The Labute approximate surface area is 128 Å². The molecule has 1 aliphatic carbocycles. The predicted molar refractivity (Wildman–Crippen MR) is 82.4 cm³/mol. The molecule has 0 N–H and O–H groups in total. The van der Waals surface area contributed by atoms with Crippen molar-refractivity contribution in [3.63, 3.8) is 0 Å².